The van der Waals surface area contributed by atoms with Gasteiger partial charge < -0.3 is 0 Å². The van der Waals surface area contributed by atoms with E-state index in [9.17, 15) is 8.42 Å². The van der Waals surface area contributed by atoms with Crippen LogP contribution >= 0.6 is 23.2 Å². The predicted molar refractivity (Wildman–Crippen MR) is 83.5 cm³/mol. The second kappa shape index (κ2) is 5.79. The van der Waals surface area contributed by atoms with Crippen LogP contribution in [0.1, 0.15) is 17.0 Å². The van der Waals surface area contributed by atoms with Crippen LogP contribution in [0.4, 0.5) is 5.69 Å². The molecule has 0 atom stereocenters. The summed E-state index contributed by atoms with van der Waals surface area (Å²) in [4.78, 5) is 7.87. The summed E-state index contributed by atoms with van der Waals surface area (Å²) >= 11 is 12.1. The Morgan fingerprint density at radius 3 is 2.19 bits per heavy atom. The van der Waals surface area contributed by atoms with Crippen LogP contribution in [-0.4, -0.2) is 18.4 Å². The number of nitrogens with one attached hydrogen (secondary N) is 1. The SMILES string of the molecule is Cc1cc(C)nc(S(=O)(=O)Nc2c(Cl)ccc(C)c2Cl)n1. The van der Waals surface area contributed by atoms with Gasteiger partial charge in [0.05, 0.1) is 15.7 Å². The van der Waals surface area contributed by atoms with Gasteiger partial charge in [0.1, 0.15) is 0 Å². The molecular formula is C13H13Cl2N3O2S. The summed E-state index contributed by atoms with van der Waals surface area (Å²) in [5, 5.41) is 0.141. The molecule has 0 fully saturated rings. The van der Waals surface area contributed by atoms with Crippen LogP contribution in [0, 0.1) is 20.8 Å². The first kappa shape index (κ1) is 16.0. The lowest BCUT2D eigenvalue weighted by Crippen LogP contribution is -2.18. The smallest absolute Gasteiger partial charge is 0.274 e. The van der Waals surface area contributed by atoms with Crippen LogP contribution in [0.5, 0.6) is 0 Å². The summed E-state index contributed by atoms with van der Waals surface area (Å²) in [7, 11) is -3.96. The van der Waals surface area contributed by atoms with Gasteiger partial charge in [0.2, 0.25) is 0 Å². The number of aromatic nitrogens is 2. The maximum atomic E-state index is 12.4. The van der Waals surface area contributed by atoms with Gasteiger partial charge in [-0.05, 0) is 38.5 Å². The highest BCUT2D eigenvalue weighted by Gasteiger charge is 2.22. The average molecular weight is 346 g/mol. The van der Waals surface area contributed by atoms with Crippen molar-refractivity contribution in [2.75, 3.05) is 4.72 Å². The van der Waals surface area contributed by atoms with Gasteiger partial charge in [-0.2, -0.15) is 8.42 Å². The monoisotopic (exact) mass is 345 g/mol. The van der Waals surface area contributed by atoms with E-state index in [0.29, 0.717) is 17.0 Å². The maximum Gasteiger partial charge on any atom is 0.297 e. The third kappa shape index (κ3) is 3.45. The molecule has 1 aromatic heterocycles. The largest absolute Gasteiger partial charge is 0.297 e. The van der Waals surface area contributed by atoms with Gasteiger partial charge in [-0.15, -0.1) is 0 Å². The number of hydrogen-bond acceptors (Lipinski definition) is 4. The molecule has 1 N–H and O–H groups in total. The molecule has 21 heavy (non-hydrogen) atoms. The van der Waals surface area contributed by atoms with E-state index in [4.69, 9.17) is 23.2 Å². The number of halogens is 2. The molecule has 8 heteroatoms. The second-order valence-electron chi connectivity index (χ2n) is 4.59. The topological polar surface area (TPSA) is 72.0 Å². The number of aryl methyl sites for hydroxylation is 3. The van der Waals surface area contributed by atoms with Crippen molar-refractivity contribution < 1.29 is 8.42 Å². The first-order valence-corrected chi connectivity index (χ1v) is 8.24. The van der Waals surface area contributed by atoms with E-state index >= 15 is 0 Å². The molecular weight excluding hydrogens is 333 g/mol. The lowest BCUT2D eigenvalue weighted by Gasteiger charge is -2.12. The first-order chi connectivity index (χ1) is 9.70. The van der Waals surface area contributed by atoms with E-state index in [-0.39, 0.29) is 20.9 Å². The van der Waals surface area contributed by atoms with Gasteiger partial charge >= 0.3 is 0 Å². The van der Waals surface area contributed by atoms with E-state index in [1.807, 2.05) is 0 Å². The fourth-order valence-electron chi connectivity index (χ4n) is 1.74. The molecule has 1 aromatic carbocycles. The zero-order chi connectivity index (χ0) is 15.8. The molecule has 0 unspecified atom stereocenters. The summed E-state index contributed by atoms with van der Waals surface area (Å²) in [6, 6.07) is 4.96. The van der Waals surface area contributed by atoms with E-state index in [1.54, 1.807) is 39.0 Å². The third-order valence-electron chi connectivity index (χ3n) is 2.72. The molecule has 0 spiro atoms. The Hall–Kier alpha value is -1.37. The maximum absolute atomic E-state index is 12.4. The van der Waals surface area contributed by atoms with Gasteiger partial charge in [-0.1, -0.05) is 29.3 Å². The van der Waals surface area contributed by atoms with Gasteiger partial charge in [0, 0.05) is 11.4 Å². The summed E-state index contributed by atoms with van der Waals surface area (Å²) in [6.07, 6.45) is 0. The Morgan fingerprint density at radius 2 is 1.62 bits per heavy atom. The number of rotatable bonds is 3. The molecule has 1 heterocycles. The zero-order valence-electron chi connectivity index (χ0n) is 11.6. The van der Waals surface area contributed by atoms with Crippen molar-refractivity contribution in [1.29, 1.82) is 0 Å². The first-order valence-electron chi connectivity index (χ1n) is 6.00. The molecule has 0 radical (unpaired) electrons. The quantitative estimate of drug-likeness (QED) is 0.864. The average Bonchev–Trinajstić information content (AvgIpc) is 2.38. The lowest BCUT2D eigenvalue weighted by molar-refractivity contribution is 0.591. The minimum Gasteiger partial charge on any atom is -0.274 e. The van der Waals surface area contributed by atoms with Crippen molar-refractivity contribution >= 4 is 38.9 Å². The van der Waals surface area contributed by atoms with Crippen LogP contribution in [0.15, 0.2) is 23.4 Å². The zero-order valence-corrected chi connectivity index (χ0v) is 13.9. The van der Waals surface area contributed by atoms with E-state index in [2.05, 4.69) is 14.7 Å². The summed E-state index contributed by atoms with van der Waals surface area (Å²) in [6.45, 7) is 5.14. The van der Waals surface area contributed by atoms with Crippen molar-refractivity contribution in [3.8, 4) is 0 Å². The molecule has 0 amide bonds. The molecule has 0 saturated heterocycles. The molecule has 2 rings (SSSR count). The van der Waals surface area contributed by atoms with E-state index in [1.165, 1.54) is 0 Å². The second-order valence-corrected chi connectivity index (χ2v) is 6.95. The lowest BCUT2D eigenvalue weighted by atomic mass is 10.2. The van der Waals surface area contributed by atoms with Gasteiger partial charge in [-0.3, -0.25) is 4.72 Å². The number of anilines is 1. The van der Waals surface area contributed by atoms with E-state index < -0.39 is 10.0 Å². The minimum absolute atomic E-state index is 0.126. The van der Waals surface area contributed by atoms with Gasteiger partial charge in [0.25, 0.3) is 15.2 Å². The molecule has 112 valence electrons. The van der Waals surface area contributed by atoms with Crippen LogP contribution in [0.25, 0.3) is 0 Å². The molecule has 0 saturated carbocycles. The van der Waals surface area contributed by atoms with Crippen molar-refractivity contribution in [2.24, 2.45) is 0 Å². The standard InChI is InChI=1S/C13H13Cl2N3O2S/c1-7-4-5-10(14)12(11(7)15)18-21(19,20)13-16-8(2)6-9(3)17-13/h4-6,18H,1-3H3. The summed E-state index contributed by atoms with van der Waals surface area (Å²) < 4.78 is 27.1. The molecule has 0 aliphatic carbocycles. The molecule has 5 nitrogen and oxygen atoms in total. The predicted octanol–water partition coefficient (Wildman–Crippen LogP) is 3.51. The highest BCUT2D eigenvalue weighted by atomic mass is 35.5. The fraction of sp³-hybridized carbons (Fsp3) is 0.231. The van der Waals surface area contributed by atoms with Crippen molar-refractivity contribution in [3.63, 3.8) is 0 Å². The number of sulfonamides is 1. The Balaban J connectivity index is 2.50. The number of nitrogens with zero attached hydrogens (tertiary/aromatic N) is 2. The Morgan fingerprint density at radius 1 is 1.05 bits per heavy atom. The minimum atomic E-state index is -3.96. The van der Waals surface area contributed by atoms with Crippen LogP contribution in [0.3, 0.4) is 0 Å². The van der Waals surface area contributed by atoms with Crippen molar-refractivity contribution in [2.45, 2.75) is 25.9 Å². The van der Waals surface area contributed by atoms with Gasteiger partial charge in [-0.25, -0.2) is 9.97 Å². The number of benzene rings is 1. The van der Waals surface area contributed by atoms with Crippen molar-refractivity contribution in [3.05, 3.63) is 45.2 Å². The Labute approximate surface area is 133 Å². The van der Waals surface area contributed by atoms with Crippen molar-refractivity contribution in [1.82, 2.24) is 9.97 Å². The summed E-state index contributed by atoms with van der Waals surface area (Å²) in [5.74, 6) is 0. The normalized spacial score (nSPS) is 11.5. The van der Waals surface area contributed by atoms with E-state index in [0.717, 1.165) is 0 Å². The Bertz CT molecular complexity index is 787. The highest BCUT2D eigenvalue weighted by molar-refractivity contribution is 7.92. The van der Waals surface area contributed by atoms with Crippen LogP contribution in [0.2, 0.25) is 10.0 Å². The fourth-order valence-corrected chi connectivity index (χ4v) is 3.42. The summed E-state index contributed by atoms with van der Waals surface area (Å²) in [5.41, 5.74) is 1.95. The molecule has 2 aromatic rings. The molecule has 0 bridgehead atoms. The number of hydrogen-bond donors (Lipinski definition) is 1. The molecule has 0 aliphatic rings. The van der Waals surface area contributed by atoms with Crippen LogP contribution in [-0.2, 0) is 10.0 Å². The third-order valence-corrected chi connectivity index (χ3v) is 4.66. The van der Waals surface area contributed by atoms with Gasteiger partial charge in [0.15, 0.2) is 0 Å². The highest BCUT2D eigenvalue weighted by Crippen LogP contribution is 2.34. The molecule has 0 aliphatic heterocycles. The Kier molecular flexibility index (Phi) is 4.41. The van der Waals surface area contributed by atoms with Crippen LogP contribution < -0.4 is 4.72 Å².